The maximum atomic E-state index is 13.5. The summed E-state index contributed by atoms with van der Waals surface area (Å²) >= 11 is 0. The first kappa shape index (κ1) is 26.7. The first-order valence-electron chi connectivity index (χ1n) is 11.6. The van der Waals surface area contributed by atoms with Gasteiger partial charge >= 0.3 is 5.97 Å². The van der Waals surface area contributed by atoms with E-state index in [0.717, 1.165) is 25.7 Å². The fourth-order valence-electron chi connectivity index (χ4n) is 3.50. The van der Waals surface area contributed by atoms with Gasteiger partial charge in [0.1, 0.15) is 10.6 Å². The number of carbonyl (C=O) groups is 1. The standard InChI is InChI=1S/C25H36N2O5S/c1-5-8-16-27(17-9-6-2)22-18-20(25(28)29)19-23(33(30,31)26(4)15-7-3)24(22)32-21-13-11-10-12-14-21/h10-14,18-19H,5-9,15-17H2,1-4H3,(H,28,29). The highest BCUT2D eigenvalue weighted by molar-refractivity contribution is 7.89. The first-order chi connectivity index (χ1) is 15.8. The van der Waals surface area contributed by atoms with Crippen molar-refractivity contribution in [1.82, 2.24) is 4.31 Å². The summed E-state index contributed by atoms with van der Waals surface area (Å²) in [6.07, 6.45) is 4.34. The number of hydrogen-bond donors (Lipinski definition) is 1. The Balaban J connectivity index is 2.80. The van der Waals surface area contributed by atoms with Gasteiger partial charge in [0.25, 0.3) is 0 Å². The lowest BCUT2D eigenvalue weighted by Crippen LogP contribution is -2.30. The molecule has 0 aliphatic rings. The van der Waals surface area contributed by atoms with Gasteiger partial charge in [-0.2, -0.15) is 0 Å². The van der Waals surface area contributed by atoms with Crippen LogP contribution in [0, 0.1) is 0 Å². The third-order valence-corrected chi connectivity index (χ3v) is 7.24. The largest absolute Gasteiger partial charge is 0.478 e. The summed E-state index contributed by atoms with van der Waals surface area (Å²) < 4.78 is 34.5. The number of hydrogen-bond acceptors (Lipinski definition) is 5. The lowest BCUT2D eigenvalue weighted by Gasteiger charge is -2.29. The molecule has 0 unspecified atom stereocenters. The summed E-state index contributed by atoms with van der Waals surface area (Å²) in [5, 5.41) is 9.79. The van der Waals surface area contributed by atoms with Crippen molar-refractivity contribution in [2.24, 2.45) is 0 Å². The highest BCUT2D eigenvalue weighted by Gasteiger charge is 2.30. The molecular weight excluding hydrogens is 440 g/mol. The van der Waals surface area contributed by atoms with Crippen LogP contribution in [0.4, 0.5) is 5.69 Å². The van der Waals surface area contributed by atoms with Gasteiger partial charge in [-0.15, -0.1) is 0 Å². The topological polar surface area (TPSA) is 87.2 Å². The number of benzene rings is 2. The molecule has 0 amide bonds. The molecule has 33 heavy (non-hydrogen) atoms. The minimum absolute atomic E-state index is 0.0770. The zero-order chi connectivity index (χ0) is 24.4. The van der Waals surface area contributed by atoms with Crippen molar-refractivity contribution in [1.29, 1.82) is 0 Å². The minimum Gasteiger partial charge on any atom is -0.478 e. The fourth-order valence-corrected chi connectivity index (χ4v) is 4.92. The van der Waals surface area contributed by atoms with Crippen LogP contribution in [0.3, 0.4) is 0 Å². The Morgan fingerprint density at radius 1 is 0.939 bits per heavy atom. The van der Waals surface area contributed by atoms with Gasteiger partial charge in [0, 0.05) is 26.7 Å². The van der Waals surface area contributed by atoms with Crippen molar-refractivity contribution in [2.45, 2.75) is 57.8 Å². The van der Waals surface area contributed by atoms with Gasteiger partial charge in [-0.1, -0.05) is 51.8 Å². The molecule has 0 atom stereocenters. The molecule has 2 rings (SSSR count). The second-order valence-electron chi connectivity index (χ2n) is 8.06. The molecule has 0 bridgehead atoms. The summed E-state index contributed by atoms with van der Waals surface area (Å²) in [4.78, 5) is 13.9. The van der Waals surface area contributed by atoms with Crippen molar-refractivity contribution < 1.29 is 23.1 Å². The molecule has 0 saturated heterocycles. The van der Waals surface area contributed by atoms with E-state index in [2.05, 4.69) is 18.7 Å². The zero-order valence-corrected chi connectivity index (χ0v) is 20.9. The van der Waals surface area contributed by atoms with Crippen molar-refractivity contribution in [3.8, 4) is 11.5 Å². The highest BCUT2D eigenvalue weighted by atomic mass is 32.2. The SMILES string of the molecule is CCCCN(CCCC)c1cc(C(=O)O)cc(S(=O)(=O)N(C)CCC)c1Oc1ccccc1. The van der Waals surface area contributed by atoms with Gasteiger partial charge < -0.3 is 14.7 Å². The summed E-state index contributed by atoms with van der Waals surface area (Å²) in [6.45, 7) is 7.73. The third-order valence-electron chi connectivity index (χ3n) is 5.38. The number of nitrogens with zero attached hydrogens (tertiary/aromatic N) is 2. The molecule has 7 nitrogen and oxygen atoms in total. The van der Waals surface area contributed by atoms with Gasteiger partial charge in [0.15, 0.2) is 5.75 Å². The Bertz CT molecular complexity index is 1000. The first-order valence-corrected chi connectivity index (χ1v) is 13.1. The van der Waals surface area contributed by atoms with E-state index in [1.807, 2.05) is 25.1 Å². The number of para-hydroxylation sites is 1. The summed E-state index contributed by atoms with van der Waals surface area (Å²) in [5.41, 5.74) is 0.413. The van der Waals surface area contributed by atoms with E-state index in [1.54, 1.807) is 12.1 Å². The minimum atomic E-state index is -3.99. The van der Waals surface area contributed by atoms with Crippen molar-refractivity contribution in [3.63, 3.8) is 0 Å². The number of sulfonamides is 1. The lowest BCUT2D eigenvalue weighted by atomic mass is 10.1. The molecule has 8 heteroatoms. The van der Waals surface area contributed by atoms with Crippen molar-refractivity contribution in [3.05, 3.63) is 48.0 Å². The number of aromatic carboxylic acids is 1. The molecule has 0 fully saturated rings. The smallest absolute Gasteiger partial charge is 0.335 e. The summed E-state index contributed by atoms with van der Waals surface area (Å²) in [6, 6.07) is 11.7. The molecule has 0 aromatic heterocycles. The van der Waals surface area contributed by atoms with Crippen molar-refractivity contribution >= 4 is 21.7 Å². The Morgan fingerprint density at radius 3 is 2.06 bits per heavy atom. The molecule has 1 N–H and O–H groups in total. The van der Waals surface area contributed by atoms with Crippen LogP contribution < -0.4 is 9.64 Å². The Hall–Kier alpha value is -2.58. The molecule has 2 aromatic carbocycles. The van der Waals surface area contributed by atoms with Gasteiger partial charge in [-0.3, -0.25) is 0 Å². The van der Waals surface area contributed by atoms with Crippen LogP contribution >= 0.6 is 0 Å². The zero-order valence-electron chi connectivity index (χ0n) is 20.1. The highest BCUT2D eigenvalue weighted by Crippen LogP contribution is 2.41. The number of carboxylic acids is 1. The van der Waals surface area contributed by atoms with Gasteiger partial charge in [0.2, 0.25) is 10.0 Å². The maximum absolute atomic E-state index is 13.5. The normalized spacial score (nSPS) is 11.5. The number of ether oxygens (including phenoxy) is 1. The number of anilines is 1. The molecule has 0 aliphatic carbocycles. The number of rotatable bonds is 14. The van der Waals surface area contributed by atoms with Crippen LogP contribution in [-0.4, -0.2) is 50.5 Å². The Morgan fingerprint density at radius 2 is 1.55 bits per heavy atom. The van der Waals surface area contributed by atoms with Crippen molar-refractivity contribution in [2.75, 3.05) is 31.6 Å². The van der Waals surface area contributed by atoms with Crippen LogP contribution in [0.15, 0.2) is 47.4 Å². The van der Waals surface area contributed by atoms with E-state index in [1.165, 1.54) is 23.5 Å². The van der Waals surface area contributed by atoms with Crippen LogP contribution in [-0.2, 0) is 10.0 Å². The van der Waals surface area contributed by atoms with E-state index >= 15 is 0 Å². The predicted octanol–water partition coefficient (Wildman–Crippen LogP) is 5.61. The molecule has 0 radical (unpaired) electrons. The Kier molecular flexibility index (Phi) is 10.2. The second-order valence-corrected chi connectivity index (χ2v) is 10.1. The van der Waals surface area contributed by atoms with E-state index in [4.69, 9.17) is 4.74 Å². The van der Waals surface area contributed by atoms with E-state index in [9.17, 15) is 18.3 Å². The molecule has 0 saturated carbocycles. The quantitative estimate of drug-likeness (QED) is 0.381. The summed E-state index contributed by atoms with van der Waals surface area (Å²) in [7, 11) is -2.48. The maximum Gasteiger partial charge on any atom is 0.335 e. The molecule has 0 heterocycles. The van der Waals surface area contributed by atoms with E-state index in [-0.39, 0.29) is 16.2 Å². The van der Waals surface area contributed by atoms with Crippen LogP contribution in [0.25, 0.3) is 0 Å². The average Bonchev–Trinajstić information content (AvgIpc) is 2.80. The number of carboxylic acid groups (broad SMARTS) is 1. The lowest BCUT2D eigenvalue weighted by molar-refractivity contribution is 0.0696. The predicted molar refractivity (Wildman–Crippen MR) is 132 cm³/mol. The number of unbranched alkanes of at least 4 members (excludes halogenated alkanes) is 2. The summed E-state index contributed by atoms with van der Waals surface area (Å²) in [5.74, 6) is -0.522. The van der Waals surface area contributed by atoms with E-state index < -0.39 is 16.0 Å². The molecule has 0 spiro atoms. The van der Waals surface area contributed by atoms with Crippen LogP contribution in [0.2, 0.25) is 0 Å². The van der Waals surface area contributed by atoms with E-state index in [0.29, 0.717) is 37.5 Å². The molecule has 182 valence electrons. The molecule has 2 aromatic rings. The molecular formula is C25H36N2O5S. The van der Waals surface area contributed by atoms with Gasteiger partial charge in [0.05, 0.1) is 11.3 Å². The van der Waals surface area contributed by atoms with Gasteiger partial charge in [-0.05, 0) is 43.5 Å². The van der Waals surface area contributed by atoms with Gasteiger partial charge in [-0.25, -0.2) is 17.5 Å². The Labute approximate surface area is 198 Å². The van der Waals surface area contributed by atoms with Crippen LogP contribution in [0.1, 0.15) is 63.2 Å². The van der Waals surface area contributed by atoms with Crippen LogP contribution in [0.5, 0.6) is 11.5 Å². The monoisotopic (exact) mass is 476 g/mol. The second kappa shape index (κ2) is 12.6. The fraction of sp³-hybridized carbons (Fsp3) is 0.480. The molecule has 0 aliphatic heterocycles. The average molecular weight is 477 g/mol. The third kappa shape index (κ3) is 6.95.